The van der Waals surface area contributed by atoms with Gasteiger partial charge in [0, 0.05) is 13.0 Å². The number of amides is 1. The van der Waals surface area contributed by atoms with E-state index in [4.69, 9.17) is 4.74 Å². The van der Waals surface area contributed by atoms with E-state index in [9.17, 15) is 9.59 Å². The number of hydrogen-bond acceptors (Lipinski definition) is 3. The van der Waals surface area contributed by atoms with Crippen molar-refractivity contribution in [3.8, 4) is 0 Å². The second kappa shape index (κ2) is 6.43. The van der Waals surface area contributed by atoms with Crippen molar-refractivity contribution >= 4 is 11.9 Å². The highest BCUT2D eigenvalue weighted by atomic mass is 16.5. The van der Waals surface area contributed by atoms with Crippen LogP contribution in [-0.2, 0) is 14.3 Å². The average molecular weight is 213 g/mol. The Hall–Kier alpha value is -1.06. The maximum absolute atomic E-state index is 11.6. The van der Waals surface area contributed by atoms with Gasteiger partial charge in [0.25, 0.3) is 0 Å². The molecule has 15 heavy (non-hydrogen) atoms. The van der Waals surface area contributed by atoms with Crippen molar-refractivity contribution in [1.29, 1.82) is 0 Å². The van der Waals surface area contributed by atoms with Crippen LogP contribution >= 0.6 is 0 Å². The number of carbonyl (C=O) groups is 2. The quantitative estimate of drug-likeness (QED) is 0.665. The Morgan fingerprint density at radius 1 is 1.33 bits per heavy atom. The molecule has 1 aliphatic rings. The summed E-state index contributed by atoms with van der Waals surface area (Å²) >= 11 is 0. The molecule has 0 radical (unpaired) electrons. The first kappa shape index (κ1) is 12.0. The van der Waals surface area contributed by atoms with Crippen LogP contribution < -0.4 is 0 Å². The fourth-order valence-electron chi connectivity index (χ4n) is 1.74. The minimum atomic E-state index is -0.300. The predicted octanol–water partition coefficient (Wildman–Crippen LogP) is 1.34. The third-order valence-corrected chi connectivity index (χ3v) is 2.55. The summed E-state index contributed by atoms with van der Waals surface area (Å²) in [6.45, 7) is 2.96. The lowest BCUT2D eigenvalue weighted by Gasteiger charge is -2.23. The van der Waals surface area contributed by atoms with E-state index in [-0.39, 0.29) is 18.4 Å². The van der Waals surface area contributed by atoms with Crippen LogP contribution in [0, 0.1) is 0 Å². The highest BCUT2D eigenvalue weighted by Crippen LogP contribution is 2.11. The lowest BCUT2D eigenvalue weighted by atomic mass is 10.1. The zero-order chi connectivity index (χ0) is 11.1. The van der Waals surface area contributed by atoms with Crippen LogP contribution in [0.1, 0.15) is 39.0 Å². The molecule has 1 amide bonds. The topological polar surface area (TPSA) is 46.6 Å². The SMILES string of the molecule is CCOC(=O)CN1CCCCCCC1=O. The molecule has 0 unspecified atom stereocenters. The molecule has 1 aliphatic heterocycles. The van der Waals surface area contributed by atoms with Gasteiger partial charge in [-0.25, -0.2) is 0 Å². The third-order valence-electron chi connectivity index (χ3n) is 2.55. The summed E-state index contributed by atoms with van der Waals surface area (Å²) in [5.74, 6) is -0.214. The minimum Gasteiger partial charge on any atom is -0.465 e. The molecule has 1 rings (SSSR count). The lowest BCUT2D eigenvalue weighted by molar-refractivity contribution is -0.149. The summed E-state index contributed by atoms with van der Waals surface area (Å²) in [4.78, 5) is 24.5. The Balaban J connectivity index is 2.41. The molecule has 4 heteroatoms. The van der Waals surface area contributed by atoms with E-state index in [1.54, 1.807) is 11.8 Å². The van der Waals surface area contributed by atoms with E-state index in [2.05, 4.69) is 0 Å². The lowest BCUT2D eigenvalue weighted by Crippen LogP contribution is -2.37. The number of hydrogen-bond donors (Lipinski definition) is 0. The van der Waals surface area contributed by atoms with Crippen LogP contribution in [0.5, 0.6) is 0 Å². The average Bonchev–Trinajstić information content (AvgIpc) is 2.18. The van der Waals surface area contributed by atoms with Gasteiger partial charge in [0.2, 0.25) is 5.91 Å². The van der Waals surface area contributed by atoms with Gasteiger partial charge in [0.05, 0.1) is 6.61 Å². The number of nitrogens with zero attached hydrogens (tertiary/aromatic N) is 1. The smallest absolute Gasteiger partial charge is 0.325 e. The zero-order valence-electron chi connectivity index (χ0n) is 9.33. The molecule has 0 saturated carbocycles. The maximum atomic E-state index is 11.6. The van der Waals surface area contributed by atoms with Crippen LogP contribution in [0.2, 0.25) is 0 Å². The summed E-state index contributed by atoms with van der Waals surface area (Å²) in [6.07, 6.45) is 4.77. The Kier molecular flexibility index (Phi) is 5.15. The molecule has 0 bridgehead atoms. The fraction of sp³-hybridized carbons (Fsp3) is 0.818. The van der Waals surface area contributed by atoms with Crippen LogP contribution in [-0.4, -0.2) is 36.5 Å². The molecule has 4 nitrogen and oxygen atoms in total. The monoisotopic (exact) mass is 213 g/mol. The van der Waals surface area contributed by atoms with Crippen molar-refractivity contribution in [2.75, 3.05) is 19.7 Å². The van der Waals surface area contributed by atoms with Gasteiger partial charge < -0.3 is 9.64 Å². The molecule has 0 aromatic rings. The van der Waals surface area contributed by atoms with Gasteiger partial charge in [-0.2, -0.15) is 0 Å². The van der Waals surface area contributed by atoms with Crippen molar-refractivity contribution in [2.24, 2.45) is 0 Å². The molecule has 0 spiro atoms. The van der Waals surface area contributed by atoms with E-state index in [1.165, 1.54) is 0 Å². The Bertz CT molecular complexity index is 228. The normalized spacial score (nSPS) is 18.2. The van der Waals surface area contributed by atoms with Gasteiger partial charge >= 0.3 is 5.97 Å². The molecular weight excluding hydrogens is 194 g/mol. The van der Waals surface area contributed by atoms with Crippen LogP contribution in [0.15, 0.2) is 0 Å². The van der Waals surface area contributed by atoms with Crippen molar-refractivity contribution in [3.63, 3.8) is 0 Å². The summed E-state index contributed by atoms with van der Waals surface area (Å²) in [5.41, 5.74) is 0. The predicted molar refractivity (Wildman–Crippen MR) is 56.3 cm³/mol. The third kappa shape index (κ3) is 4.32. The molecule has 0 aromatic carbocycles. The second-order valence-electron chi connectivity index (χ2n) is 3.78. The number of rotatable bonds is 3. The van der Waals surface area contributed by atoms with Crippen LogP contribution in [0.4, 0.5) is 0 Å². The highest BCUT2D eigenvalue weighted by Gasteiger charge is 2.18. The maximum Gasteiger partial charge on any atom is 0.325 e. The molecule has 0 N–H and O–H groups in total. The Morgan fingerprint density at radius 3 is 2.80 bits per heavy atom. The summed E-state index contributed by atoms with van der Waals surface area (Å²) in [6, 6.07) is 0. The minimum absolute atomic E-state index is 0.0859. The molecule has 0 aliphatic carbocycles. The van der Waals surface area contributed by atoms with Gasteiger partial charge in [-0.3, -0.25) is 9.59 Å². The van der Waals surface area contributed by atoms with Crippen LogP contribution in [0.25, 0.3) is 0 Å². The van der Waals surface area contributed by atoms with Crippen LogP contribution in [0.3, 0.4) is 0 Å². The van der Waals surface area contributed by atoms with E-state index in [1.807, 2.05) is 0 Å². The van der Waals surface area contributed by atoms with Crippen molar-refractivity contribution < 1.29 is 14.3 Å². The first-order valence-corrected chi connectivity index (χ1v) is 5.67. The van der Waals surface area contributed by atoms with E-state index >= 15 is 0 Å². The van der Waals surface area contributed by atoms with Gasteiger partial charge in [-0.15, -0.1) is 0 Å². The Morgan fingerprint density at radius 2 is 2.07 bits per heavy atom. The number of ether oxygens (including phenoxy) is 1. The second-order valence-corrected chi connectivity index (χ2v) is 3.78. The summed E-state index contributed by atoms with van der Waals surface area (Å²) in [7, 11) is 0. The van der Waals surface area contributed by atoms with Gasteiger partial charge in [-0.05, 0) is 19.8 Å². The van der Waals surface area contributed by atoms with Gasteiger partial charge in [-0.1, -0.05) is 12.8 Å². The molecule has 0 atom stereocenters. The molecule has 86 valence electrons. The molecular formula is C11H19NO3. The standard InChI is InChI=1S/C11H19NO3/c1-2-15-11(14)9-12-8-6-4-3-5-7-10(12)13/h2-9H2,1H3. The van der Waals surface area contributed by atoms with E-state index in [0.29, 0.717) is 19.6 Å². The first-order valence-electron chi connectivity index (χ1n) is 5.67. The van der Waals surface area contributed by atoms with Crippen molar-refractivity contribution in [3.05, 3.63) is 0 Å². The summed E-state index contributed by atoms with van der Waals surface area (Å²) in [5, 5.41) is 0. The van der Waals surface area contributed by atoms with Gasteiger partial charge in [0.15, 0.2) is 0 Å². The first-order chi connectivity index (χ1) is 7.24. The van der Waals surface area contributed by atoms with E-state index in [0.717, 1.165) is 25.7 Å². The largest absolute Gasteiger partial charge is 0.465 e. The Labute approximate surface area is 90.6 Å². The molecule has 1 saturated heterocycles. The number of esters is 1. The number of carbonyl (C=O) groups excluding carboxylic acids is 2. The van der Waals surface area contributed by atoms with E-state index < -0.39 is 0 Å². The van der Waals surface area contributed by atoms with Crippen molar-refractivity contribution in [1.82, 2.24) is 4.90 Å². The summed E-state index contributed by atoms with van der Waals surface area (Å²) < 4.78 is 4.83. The molecule has 0 aromatic heterocycles. The molecule has 1 fully saturated rings. The zero-order valence-corrected chi connectivity index (χ0v) is 9.33. The highest BCUT2D eigenvalue weighted by molar-refractivity contribution is 5.82. The fourth-order valence-corrected chi connectivity index (χ4v) is 1.74. The molecule has 1 heterocycles. The number of likely N-dealkylation sites (tertiary alicyclic amines) is 1. The van der Waals surface area contributed by atoms with Crippen molar-refractivity contribution in [2.45, 2.75) is 39.0 Å². The van der Waals surface area contributed by atoms with Gasteiger partial charge in [0.1, 0.15) is 6.54 Å².